The molecule has 0 radical (unpaired) electrons. The molecule has 2 aliphatic heterocycles. The first-order valence-corrected chi connectivity index (χ1v) is 15.5. The maximum Gasteiger partial charge on any atom is 0.424 e. The fourth-order valence-corrected chi connectivity index (χ4v) is 7.34. The van der Waals surface area contributed by atoms with E-state index in [4.69, 9.17) is 14.4 Å². The van der Waals surface area contributed by atoms with Crippen LogP contribution in [0.25, 0.3) is 55.6 Å². The van der Waals surface area contributed by atoms with Crippen molar-refractivity contribution in [2.24, 2.45) is 0 Å². The molecule has 0 unspecified atom stereocenters. The van der Waals surface area contributed by atoms with Crippen molar-refractivity contribution in [3.05, 3.63) is 152 Å². The van der Waals surface area contributed by atoms with Gasteiger partial charge in [0.25, 0.3) is 0 Å². The first-order chi connectivity index (χ1) is 22.8. The van der Waals surface area contributed by atoms with Crippen LogP contribution in [-0.4, -0.2) is 17.0 Å². The fourth-order valence-electron chi connectivity index (χ4n) is 7.34. The average molecular weight is 588 g/mol. The van der Waals surface area contributed by atoms with E-state index < -0.39 is 0 Å². The van der Waals surface area contributed by atoms with E-state index in [1.54, 1.807) is 0 Å². The number of fused-ring (bicyclic) bond motifs is 7. The second-order valence-electron chi connectivity index (χ2n) is 11.8. The third-order valence-electron chi connectivity index (χ3n) is 9.27. The molecule has 6 aromatic carbocycles. The molecule has 5 nitrogen and oxygen atoms in total. The Morgan fingerprint density at radius 2 is 1.09 bits per heavy atom. The van der Waals surface area contributed by atoms with E-state index in [1.807, 2.05) is 36.4 Å². The Hall–Kier alpha value is -6.14. The monoisotopic (exact) mass is 588 g/mol. The van der Waals surface area contributed by atoms with Crippen molar-refractivity contribution >= 4 is 57.5 Å². The molecule has 0 saturated carbocycles. The second kappa shape index (κ2) is 9.68. The van der Waals surface area contributed by atoms with Crippen LogP contribution < -0.4 is 15.1 Å². The summed E-state index contributed by atoms with van der Waals surface area (Å²) in [6.45, 7) is -0.252. The number of anilines is 4. The molecule has 0 saturated heterocycles. The predicted molar refractivity (Wildman–Crippen MR) is 188 cm³/mol. The van der Waals surface area contributed by atoms with Gasteiger partial charge in [-0.25, -0.2) is 9.97 Å². The Balaban J connectivity index is 1.33. The van der Waals surface area contributed by atoms with Crippen molar-refractivity contribution in [1.29, 1.82) is 0 Å². The quantitative estimate of drug-likeness (QED) is 0.193. The SMILES string of the molecule is c1ccc(-c2nc(N3B4c5c(cccc5-c5ccccc53)-c3ccccc3N4c3ccccc3)nc3c2oc2ccccc23)cc1. The molecular formula is C40H25BN4O. The number of rotatable bonds is 3. The van der Waals surface area contributed by atoms with Gasteiger partial charge in [-0.3, -0.25) is 0 Å². The summed E-state index contributed by atoms with van der Waals surface area (Å²) >= 11 is 0. The molecule has 0 atom stereocenters. The number of nitrogens with zero attached hydrogens (tertiary/aromatic N) is 4. The van der Waals surface area contributed by atoms with Gasteiger partial charge in [0.05, 0.1) is 0 Å². The Labute approximate surface area is 266 Å². The van der Waals surface area contributed by atoms with Gasteiger partial charge in [-0.15, -0.1) is 0 Å². The summed E-state index contributed by atoms with van der Waals surface area (Å²) in [7, 11) is 0. The number of para-hydroxylation sites is 4. The maximum absolute atomic E-state index is 6.47. The Morgan fingerprint density at radius 1 is 0.500 bits per heavy atom. The van der Waals surface area contributed by atoms with Crippen LogP contribution in [0, 0.1) is 0 Å². The third kappa shape index (κ3) is 3.52. The lowest BCUT2D eigenvalue weighted by Crippen LogP contribution is -2.62. The van der Waals surface area contributed by atoms with Crippen molar-refractivity contribution < 1.29 is 4.42 Å². The highest BCUT2D eigenvalue weighted by atomic mass is 16.3. The standard InChI is InChI=1S/C40H25BN4O/c1-3-14-26(15-4-1)37-39-38(32-20-9-12-25-35(32)46-39)43-40(42-37)45-34-24-11-8-19-29(34)31-22-13-21-30-28-18-7-10-23-33(28)44(41(45)36(30)31)27-16-5-2-6-17-27/h1-25H. The third-order valence-corrected chi connectivity index (χ3v) is 9.27. The van der Waals surface area contributed by atoms with Gasteiger partial charge in [-0.05, 0) is 53.0 Å². The lowest BCUT2D eigenvalue weighted by atomic mass is 9.54. The van der Waals surface area contributed by atoms with E-state index in [2.05, 4.69) is 125 Å². The smallest absolute Gasteiger partial charge is 0.424 e. The normalized spacial score (nSPS) is 13.1. The van der Waals surface area contributed by atoms with Gasteiger partial charge in [-0.1, -0.05) is 115 Å². The zero-order chi connectivity index (χ0) is 30.2. The van der Waals surface area contributed by atoms with Crippen molar-refractivity contribution in [3.63, 3.8) is 0 Å². The van der Waals surface area contributed by atoms with Gasteiger partial charge in [0, 0.05) is 39.1 Å². The van der Waals surface area contributed by atoms with Crippen LogP contribution in [0.3, 0.4) is 0 Å². The zero-order valence-corrected chi connectivity index (χ0v) is 24.7. The molecule has 0 N–H and O–H groups in total. The number of benzene rings is 6. The van der Waals surface area contributed by atoms with Gasteiger partial charge in [0.2, 0.25) is 5.95 Å². The minimum atomic E-state index is -0.252. The largest absolute Gasteiger partial charge is 0.452 e. The van der Waals surface area contributed by atoms with Crippen molar-refractivity contribution in [2.45, 2.75) is 0 Å². The number of aromatic nitrogens is 2. The Bertz CT molecular complexity index is 2440. The summed E-state index contributed by atoms with van der Waals surface area (Å²) in [5.74, 6) is 0.621. The van der Waals surface area contributed by atoms with Crippen LogP contribution >= 0.6 is 0 Å². The molecule has 0 aliphatic carbocycles. The Kier molecular flexibility index (Phi) is 5.31. The van der Waals surface area contributed by atoms with Crippen LogP contribution in [0.15, 0.2) is 156 Å². The summed E-state index contributed by atoms with van der Waals surface area (Å²) in [4.78, 5) is 15.5. The van der Waals surface area contributed by atoms with Gasteiger partial charge in [0.15, 0.2) is 5.58 Å². The predicted octanol–water partition coefficient (Wildman–Crippen LogP) is 9.38. The lowest BCUT2D eigenvalue weighted by molar-refractivity contribution is 0.667. The summed E-state index contributed by atoms with van der Waals surface area (Å²) in [6.07, 6.45) is 0. The number of hydrogen-bond acceptors (Lipinski definition) is 5. The second-order valence-corrected chi connectivity index (χ2v) is 11.8. The van der Waals surface area contributed by atoms with Crippen molar-refractivity contribution in [3.8, 4) is 33.5 Å². The Morgan fingerprint density at radius 3 is 1.83 bits per heavy atom. The van der Waals surface area contributed by atoms with Gasteiger partial charge >= 0.3 is 6.98 Å². The minimum absolute atomic E-state index is 0.252. The van der Waals surface area contributed by atoms with Crippen molar-refractivity contribution in [1.82, 2.24) is 9.97 Å². The van der Waals surface area contributed by atoms with Gasteiger partial charge < -0.3 is 14.0 Å². The summed E-state index contributed by atoms with van der Waals surface area (Å²) in [5.41, 5.74) is 13.4. The molecule has 8 aromatic rings. The van der Waals surface area contributed by atoms with E-state index in [-0.39, 0.29) is 6.98 Å². The number of hydrogen-bond donors (Lipinski definition) is 0. The van der Waals surface area contributed by atoms with Crippen molar-refractivity contribution in [2.75, 3.05) is 9.62 Å². The first-order valence-electron chi connectivity index (χ1n) is 15.5. The molecule has 10 rings (SSSR count). The molecule has 2 aliphatic rings. The van der Waals surface area contributed by atoms with Crippen LogP contribution in [0.4, 0.5) is 23.0 Å². The molecule has 4 heterocycles. The van der Waals surface area contributed by atoms with E-state index in [0.29, 0.717) is 11.5 Å². The van der Waals surface area contributed by atoms with Crippen LogP contribution in [0.1, 0.15) is 0 Å². The zero-order valence-electron chi connectivity index (χ0n) is 24.7. The van der Waals surface area contributed by atoms with Gasteiger partial charge in [-0.2, -0.15) is 0 Å². The molecule has 6 heteroatoms. The van der Waals surface area contributed by atoms with E-state index >= 15 is 0 Å². The minimum Gasteiger partial charge on any atom is -0.452 e. The molecular weight excluding hydrogens is 563 g/mol. The maximum atomic E-state index is 6.47. The molecule has 0 fully saturated rings. The molecule has 0 spiro atoms. The molecule has 2 aromatic heterocycles. The topological polar surface area (TPSA) is 45.4 Å². The molecule has 0 amide bonds. The van der Waals surface area contributed by atoms with Gasteiger partial charge in [0.1, 0.15) is 16.8 Å². The van der Waals surface area contributed by atoms with Crippen LogP contribution in [0.2, 0.25) is 0 Å². The summed E-state index contributed by atoms with van der Waals surface area (Å²) in [5, 5.41) is 0.971. The van der Waals surface area contributed by atoms with E-state index in [9.17, 15) is 0 Å². The molecule has 46 heavy (non-hydrogen) atoms. The fraction of sp³-hybridized carbons (Fsp3) is 0. The lowest BCUT2D eigenvalue weighted by Gasteiger charge is -2.46. The molecule has 214 valence electrons. The first kappa shape index (κ1) is 25.2. The average Bonchev–Trinajstić information content (AvgIpc) is 3.51. The highest BCUT2D eigenvalue weighted by Crippen LogP contribution is 2.48. The highest BCUT2D eigenvalue weighted by Gasteiger charge is 2.47. The summed E-state index contributed by atoms with van der Waals surface area (Å²) < 4.78 is 6.47. The summed E-state index contributed by atoms with van der Waals surface area (Å²) in [6, 6.07) is 53.1. The van der Waals surface area contributed by atoms with Crippen LogP contribution in [-0.2, 0) is 0 Å². The van der Waals surface area contributed by atoms with E-state index in [1.165, 1.54) is 22.2 Å². The highest BCUT2D eigenvalue weighted by molar-refractivity contribution is 6.86. The van der Waals surface area contributed by atoms with E-state index in [0.717, 1.165) is 50.4 Å². The number of furan rings is 1. The van der Waals surface area contributed by atoms with Crippen LogP contribution in [0.5, 0.6) is 0 Å². The molecule has 0 bridgehead atoms.